The molecule has 6 heteroatoms. The van der Waals surface area contributed by atoms with E-state index < -0.39 is 0 Å². The zero-order valence-corrected chi connectivity index (χ0v) is 19.3. The molecule has 0 saturated heterocycles. The number of ether oxygens (including phenoxy) is 1. The number of imidazole rings is 1. The Morgan fingerprint density at radius 3 is 2.45 bits per heavy atom. The second-order valence-electron chi connectivity index (χ2n) is 9.31. The van der Waals surface area contributed by atoms with Crippen molar-refractivity contribution in [2.24, 2.45) is 11.8 Å². The number of carbonyl (C=O) groups is 1. The maximum Gasteiger partial charge on any atom is 0.311 e. The van der Waals surface area contributed by atoms with Crippen molar-refractivity contribution in [1.82, 2.24) is 18.9 Å². The molecule has 0 aliphatic heterocycles. The lowest BCUT2D eigenvalue weighted by Crippen LogP contribution is -2.11. The summed E-state index contributed by atoms with van der Waals surface area (Å²) in [6.45, 7) is 12.7. The molecule has 0 aliphatic rings. The van der Waals surface area contributed by atoms with Crippen LogP contribution >= 0.6 is 0 Å². The molecule has 164 valence electrons. The smallest absolute Gasteiger partial charge is 0.311 e. The molecule has 4 aromatic rings. The van der Waals surface area contributed by atoms with Crippen LogP contribution in [0, 0.1) is 11.8 Å². The molecular formula is C25H32N4O2. The minimum Gasteiger partial charge on any atom is -0.424 e. The third kappa shape index (κ3) is 3.91. The molecule has 31 heavy (non-hydrogen) atoms. The Labute approximate surface area is 183 Å². The first-order valence-electron chi connectivity index (χ1n) is 11.3. The number of rotatable bonds is 7. The first kappa shape index (κ1) is 21.3. The number of hydrogen-bond acceptors (Lipinski definition) is 4. The van der Waals surface area contributed by atoms with Gasteiger partial charge in [-0.15, -0.1) is 0 Å². The summed E-state index contributed by atoms with van der Waals surface area (Å²) in [7, 11) is 0. The number of aromatic nitrogens is 4. The molecule has 1 atom stereocenters. The van der Waals surface area contributed by atoms with Crippen molar-refractivity contribution in [3.05, 3.63) is 36.3 Å². The van der Waals surface area contributed by atoms with Crippen molar-refractivity contribution in [1.29, 1.82) is 0 Å². The Balaban J connectivity index is 2.05. The van der Waals surface area contributed by atoms with Crippen molar-refractivity contribution in [2.75, 3.05) is 0 Å². The summed E-state index contributed by atoms with van der Waals surface area (Å²) in [6, 6.07) is 8.33. The van der Waals surface area contributed by atoms with E-state index in [1.807, 2.05) is 38.2 Å². The van der Waals surface area contributed by atoms with Crippen molar-refractivity contribution >= 4 is 33.7 Å². The van der Waals surface area contributed by atoms with E-state index in [2.05, 4.69) is 42.7 Å². The molecule has 0 aliphatic carbocycles. The molecule has 1 aromatic carbocycles. The normalized spacial score (nSPS) is 13.2. The summed E-state index contributed by atoms with van der Waals surface area (Å²) in [4.78, 5) is 22.6. The largest absolute Gasteiger partial charge is 0.424 e. The molecule has 0 fully saturated rings. The van der Waals surface area contributed by atoms with Gasteiger partial charge in [0.2, 0.25) is 0 Å². The number of benzene rings is 1. The van der Waals surface area contributed by atoms with Gasteiger partial charge in [-0.3, -0.25) is 9.20 Å². The lowest BCUT2D eigenvalue weighted by Gasteiger charge is -2.14. The maximum atomic E-state index is 12.6. The number of carbonyl (C=O) groups excluding carboxylic acids is 1. The summed E-state index contributed by atoms with van der Waals surface area (Å²) >= 11 is 0. The van der Waals surface area contributed by atoms with E-state index in [0.717, 1.165) is 46.4 Å². The van der Waals surface area contributed by atoms with Gasteiger partial charge in [0.15, 0.2) is 11.4 Å². The average Bonchev–Trinajstić information content (AvgIpc) is 3.25. The van der Waals surface area contributed by atoms with Gasteiger partial charge in [-0.25, -0.2) is 9.97 Å². The van der Waals surface area contributed by atoms with E-state index in [9.17, 15) is 4.79 Å². The second-order valence-corrected chi connectivity index (χ2v) is 9.31. The van der Waals surface area contributed by atoms with Gasteiger partial charge in [0.1, 0.15) is 16.9 Å². The summed E-state index contributed by atoms with van der Waals surface area (Å²) in [5.41, 5.74) is 3.58. The van der Waals surface area contributed by atoms with Crippen LogP contribution < -0.4 is 4.74 Å². The standard InChI is InChI=1S/C25H32N4O2/c1-7-17(6)28-14-20(31-22(30)13-16(4)5)23-24(28)27-21(12-15(2)3)29-19-11-9-8-10-18(19)26-25(23)29/h8-11,14-17H,7,12-13H2,1-6H3/t17-/m1/s1. The SMILES string of the molecule is CC[C@@H](C)n1cc(OC(=O)CC(C)C)c2c1nc(CC(C)C)n1c3ccccc3nc21. The summed E-state index contributed by atoms with van der Waals surface area (Å²) in [6.07, 6.45) is 4.09. The van der Waals surface area contributed by atoms with E-state index >= 15 is 0 Å². The van der Waals surface area contributed by atoms with Crippen molar-refractivity contribution in [3.8, 4) is 5.75 Å². The molecule has 0 amide bonds. The molecule has 0 saturated carbocycles. The Kier molecular flexibility index (Phi) is 5.73. The predicted octanol–water partition coefficient (Wildman–Crippen LogP) is 5.96. The Bertz CT molecular complexity index is 1250. The highest BCUT2D eigenvalue weighted by atomic mass is 16.5. The van der Waals surface area contributed by atoms with E-state index in [0.29, 0.717) is 18.1 Å². The minimum absolute atomic E-state index is 0.223. The van der Waals surface area contributed by atoms with E-state index in [-0.39, 0.29) is 17.9 Å². The van der Waals surface area contributed by atoms with Crippen LogP contribution in [0.1, 0.15) is 66.3 Å². The highest BCUT2D eigenvalue weighted by molar-refractivity contribution is 6.01. The van der Waals surface area contributed by atoms with Crippen LogP contribution in [0.15, 0.2) is 30.5 Å². The van der Waals surface area contributed by atoms with Gasteiger partial charge >= 0.3 is 5.97 Å². The lowest BCUT2D eigenvalue weighted by atomic mass is 10.1. The molecule has 6 nitrogen and oxygen atoms in total. The summed E-state index contributed by atoms with van der Waals surface area (Å²) in [5.74, 6) is 1.99. The van der Waals surface area contributed by atoms with Gasteiger partial charge in [-0.2, -0.15) is 0 Å². The van der Waals surface area contributed by atoms with Crippen molar-refractivity contribution < 1.29 is 9.53 Å². The quantitative estimate of drug-likeness (QED) is 0.346. The highest BCUT2D eigenvalue weighted by Crippen LogP contribution is 2.36. The number of nitrogens with zero attached hydrogens (tertiary/aromatic N) is 4. The van der Waals surface area contributed by atoms with Crippen molar-refractivity contribution in [2.45, 2.75) is 66.8 Å². The molecule has 0 spiro atoms. The fourth-order valence-electron chi connectivity index (χ4n) is 4.05. The minimum atomic E-state index is -0.223. The molecule has 0 unspecified atom stereocenters. The highest BCUT2D eigenvalue weighted by Gasteiger charge is 2.24. The molecule has 4 rings (SSSR count). The van der Waals surface area contributed by atoms with Gasteiger partial charge in [-0.1, -0.05) is 46.8 Å². The van der Waals surface area contributed by atoms with Gasteiger partial charge in [0, 0.05) is 25.1 Å². The van der Waals surface area contributed by atoms with Gasteiger partial charge < -0.3 is 9.30 Å². The Morgan fingerprint density at radius 1 is 1.03 bits per heavy atom. The number of para-hydroxylation sites is 2. The molecule has 0 radical (unpaired) electrons. The topological polar surface area (TPSA) is 61.4 Å². The molecular weight excluding hydrogens is 388 g/mol. The Hall–Kier alpha value is -2.89. The van der Waals surface area contributed by atoms with E-state index in [4.69, 9.17) is 14.7 Å². The maximum absolute atomic E-state index is 12.6. The third-order valence-electron chi connectivity index (χ3n) is 5.70. The van der Waals surface area contributed by atoms with Crippen LogP contribution in [-0.2, 0) is 11.2 Å². The second kappa shape index (κ2) is 8.33. The average molecular weight is 421 g/mol. The van der Waals surface area contributed by atoms with Crippen LogP contribution in [0.4, 0.5) is 0 Å². The van der Waals surface area contributed by atoms with Gasteiger partial charge in [0.05, 0.1) is 11.0 Å². The first-order chi connectivity index (χ1) is 14.8. The van der Waals surface area contributed by atoms with E-state index in [1.165, 1.54) is 0 Å². The van der Waals surface area contributed by atoms with Gasteiger partial charge in [0.25, 0.3) is 0 Å². The molecule has 0 N–H and O–H groups in total. The summed E-state index contributed by atoms with van der Waals surface area (Å²) < 4.78 is 10.2. The number of esters is 1. The lowest BCUT2D eigenvalue weighted by molar-refractivity contribution is -0.135. The molecule has 3 heterocycles. The molecule has 3 aromatic heterocycles. The van der Waals surface area contributed by atoms with E-state index in [1.54, 1.807) is 0 Å². The zero-order chi connectivity index (χ0) is 22.3. The summed E-state index contributed by atoms with van der Waals surface area (Å²) in [5, 5.41) is 0.807. The Morgan fingerprint density at radius 2 is 1.77 bits per heavy atom. The van der Waals surface area contributed by atoms with Crippen LogP contribution in [0.25, 0.3) is 27.7 Å². The fraction of sp³-hybridized carbons (Fsp3) is 0.480. The molecule has 0 bridgehead atoms. The fourth-order valence-corrected chi connectivity index (χ4v) is 4.05. The first-order valence-corrected chi connectivity index (χ1v) is 11.3. The van der Waals surface area contributed by atoms with Crippen LogP contribution in [-0.4, -0.2) is 24.9 Å². The van der Waals surface area contributed by atoms with Crippen LogP contribution in [0.3, 0.4) is 0 Å². The van der Waals surface area contributed by atoms with Gasteiger partial charge in [-0.05, 0) is 37.3 Å². The number of hydrogen-bond donors (Lipinski definition) is 0. The predicted molar refractivity (Wildman–Crippen MR) is 125 cm³/mol. The monoisotopic (exact) mass is 420 g/mol. The van der Waals surface area contributed by atoms with Crippen LogP contribution in [0.2, 0.25) is 0 Å². The zero-order valence-electron chi connectivity index (χ0n) is 19.3. The van der Waals surface area contributed by atoms with Crippen LogP contribution in [0.5, 0.6) is 5.75 Å². The van der Waals surface area contributed by atoms with Crippen molar-refractivity contribution in [3.63, 3.8) is 0 Å². The third-order valence-corrected chi connectivity index (χ3v) is 5.70. The number of fused-ring (bicyclic) bond motifs is 5.